The van der Waals surface area contributed by atoms with E-state index < -0.39 is 60.2 Å². The second-order valence-corrected chi connectivity index (χ2v) is 7.84. The zero-order valence-corrected chi connectivity index (χ0v) is 19.3. The van der Waals surface area contributed by atoms with Crippen molar-refractivity contribution in [3.8, 4) is 0 Å². The summed E-state index contributed by atoms with van der Waals surface area (Å²) >= 11 is 3.91. The number of aliphatic carboxylic acids is 2. The average Bonchev–Trinajstić information content (AvgIpc) is 3.28. The van der Waals surface area contributed by atoms with E-state index in [-0.39, 0.29) is 18.6 Å². The fourth-order valence-corrected chi connectivity index (χ4v) is 3.12. The number of H-pyrrole nitrogens is 1. The van der Waals surface area contributed by atoms with Gasteiger partial charge in [0.15, 0.2) is 0 Å². The lowest BCUT2D eigenvalue weighted by atomic mass is 10.1. The Kier molecular flexibility index (Phi) is 12.6. The van der Waals surface area contributed by atoms with Gasteiger partial charge in [0.1, 0.15) is 18.1 Å². The molecule has 0 aromatic carbocycles. The molecule has 34 heavy (non-hydrogen) atoms. The number of aromatic amines is 1. The zero-order chi connectivity index (χ0) is 25.7. The summed E-state index contributed by atoms with van der Waals surface area (Å²) in [4.78, 5) is 66.8. The van der Waals surface area contributed by atoms with E-state index in [0.717, 1.165) is 0 Å². The number of hydrogen-bond donors (Lipinski definition) is 9. The Hall–Kier alpha value is -3.17. The second kappa shape index (κ2) is 14.9. The molecule has 15 heteroatoms. The van der Waals surface area contributed by atoms with Crippen molar-refractivity contribution in [2.45, 2.75) is 56.3 Å². The van der Waals surface area contributed by atoms with Crippen LogP contribution in [0, 0.1) is 0 Å². The number of imidazole rings is 1. The summed E-state index contributed by atoms with van der Waals surface area (Å²) in [5.74, 6) is -5.10. The molecule has 0 fully saturated rings. The molecule has 0 bridgehead atoms. The predicted octanol–water partition coefficient (Wildman–Crippen LogP) is -2.65. The summed E-state index contributed by atoms with van der Waals surface area (Å²) in [5.41, 5.74) is 11.6. The third kappa shape index (κ3) is 10.2. The van der Waals surface area contributed by atoms with E-state index in [0.29, 0.717) is 25.1 Å². The van der Waals surface area contributed by atoms with Crippen LogP contribution in [0.3, 0.4) is 0 Å². The van der Waals surface area contributed by atoms with Crippen molar-refractivity contribution in [1.29, 1.82) is 0 Å². The normalized spacial score (nSPS) is 14.3. The third-order valence-electron chi connectivity index (χ3n) is 4.72. The van der Waals surface area contributed by atoms with Crippen LogP contribution in [0.2, 0.25) is 0 Å². The van der Waals surface area contributed by atoms with Crippen LogP contribution < -0.4 is 27.4 Å². The summed E-state index contributed by atoms with van der Waals surface area (Å²) < 4.78 is 0. The van der Waals surface area contributed by atoms with E-state index in [4.69, 9.17) is 16.6 Å². The number of amides is 3. The highest BCUT2D eigenvalue weighted by Gasteiger charge is 2.30. The van der Waals surface area contributed by atoms with Crippen LogP contribution in [0.25, 0.3) is 0 Å². The molecule has 0 aliphatic rings. The minimum Gasteiger partial charge on any atom is -0.481 e. The molecular weight excluding hydrogens is 470 g/mol. The number of hydrogen-bond acceptors (Lipinski definition) is 9. The average molecular weight is 502 g/mol. The van der Waals surface area contributed by atoms with Gasteiger partial charge >= 0.3 is 11.9 Å². The lowest BCUT2D eigenvalue weighted by molar-refractivity contribution is -0.141. The molecule has 10 N–H and O–H groups in total. The molecule has 4 unspecified atom stereocenters. The lowest BCUT2D eigenvalue weighted by Gasteiger charge is -2.24. The third-order valence-corrected chi connectivity index (χ3v) is 5.09. The molecule has 0 spiro atoms. The first-order valence-electron chi connectivity index (χ1n) is 10.5. The molecular formula is C19H31N7O7S. The van der Waals surface area contributed by atoms with Gasteiger partial charge in [0.25, 0.3) is 0 Å². The fraction of sp³-hybridized carbons (Fsp3) is 0.579. The van der Waals surface area contributed by atoms with Gasteiger partial charge < -0.3 is 42.6 Å². The highest BCUT2D eigenvalue weighted by Crippen LogP contribution is 2.06. The molecule has 14 nitrogen and oxygen atoms in total. The molecule has 0 radical (unpaired) electrons. The van der Waals surface area contributed by atoms with Gasteiger partial charge in [-0.25, -0.2) is 9.78 Å². The molecule has 1 aromatic heterocycles. The first-order chi connectivity index (χ1) is 16.1. The van der Waals surface area contributed by atoms with Crippen LogP contribution in [0.5, 0.6) is 0 Å². The first-order valence-corrected chi connectivity index (χ1v) is 11.1. The standard InChI is InChI=1S/C19H31N7O7S/c20-4-2-1-3-12(24-16(29)11(21)6-15(27)28)17(30)25-13(5-10-7-22-9-23-10)18(31)26-14(8-34)19(32)33/h7,9,11-14,34H,1-6,8,20-21H2,(H,22,23)(H,24,29)(H,25,30)(H,26,31)(H,27,28)(H,32,33). The van der Waals surface area contributed by atoms with Crippen LogP contribution >= 0.6 is 12.6 Å². The van der Waals surface area contributed by atoms with Gasteiger partial charge in [-0.2, -0.15) is 12.6 Å². The molecule has 1 rings (SSSR count). The maximum Gasteiger partial charge on any atom is 0.327 e. The van der Waals surface area contributed by atoms with Crippen LogP contribution in [0.4, 0.5) is 0 Å². The van der Waals surface area contributed by atoms with Crippen molar-refractivity contribution < 1.29 is 34.2 Å². The summed E-state index contributed by atoms with van der Waals surface area (Å²) in [6.45, 7) is 0.353. The Morgan fingerprint density at radius 1 is 1.00 bits per heavy atom. The molecule has 3 amide bonds. The SMILES string of the molecule is NCCCCC(NC(=O)C(N)CC(=O)O)C(=O)NC(Cc1cnc[nH]1)C(=O)NC(CS)C(=O)O. The van der Waals surface area contributed by atoms with Crippen molar-refractivity contribution in [2.75, 3.05) is 12.3 Å². The second-order valence-electron chi connectivity index (χ2n) is 7.47. The number of rotatable bonds is 16. The summed E-state index contributed by atoms with van der Waals surface area (Å²) in [6, 6.07) is -5.00. The smallest absolute Gasteiger partial charge is 0.327 e. The lowest BCUT2D eigenvalue weighted by Crippen LogP contribution is -2.58. The van der Waals surface area contributed by atoms with Gasteiger partial charge in [0.05, 0.1) is 18.8 Å². The van der Waals surface area contributed by atoms with Gasteiger partial charge in [-0.05, 0) is 25.8 Å². The van der Waals surface area contributed by atoms with Gasteiger partial charge in [0.2, 0.25) is 17.7 Å². The topological polar surface area (TPSA) is 243 Å². The van der Waals surface area contributed by atoms with E-state index in [1.165, 1.54) is 12.5 Å². The Balaban J connectivity index is 3.01. The Bertz CT molecular complexity index is 837. The van der Waals surface area contributed by atoms with Crippen LogP contribution in [0.15, 0.2) is 12.5 Å². The van der Waals surface area contributed by atoms with E-state index in [2.05, 4.69) is 38.5 Å². The monoisotopic (exact) mass is 501 g/mol. The molecule has 0 aliphatic carbocycles. The fourth-order valence-electron chi connectivity index (χ4n) is 2.88. The molecule has 0 aliphatic heterocycles. The summed E-state index contributed by atoms with van der Waals surface area (Å²) in [7, 11) is 0. The van der Waals surface area contributed by atoms with E-state index in [9.17, 15) is 29.1 Å². The number of nitrogens with two attached hydrogens (primary N) is 2. The zero-order valence-electron chi connectivity index (χ0n) is 18.4. The quantitative estimate of drug-likeness (QED) is 0.0841. The van der Waals surface area contributed by atoms with Crippen molar-refractivity contribution >= 4 is 42.3 Å². The van der Waals surface area contributed by atoms with Gasteiger partial charge in [-0.3, -0.25) is 19.2 Å². The number of carboxylic acids is 2. The largest absolute Gasteiger partial charge is 0.481 e. The van der Waals surface area contributed by atoms with Crippen LogP contribution in [-0.2, 0) is 30.4 Å². The van der Waals surface area contributed by atoms with E-state index in [1.807, 2.05) is 0 Å². The number of unbranched alkanes of at least 4 members (excludes halogenated alkanes) is 1. The highest BCUT2D eigenvalue weighted by atomic mass is 32.1. The highest BCUT2D eigenvalue weighted by molar-refractivity contribution is 7.80. The molecule has 1 heterocycles. The van der Waals surface area contributed by atoms with Crippen LogP contribution in [-0.4, -0.2) is 86.3 Å². The summed E-state index contributed by atoms with van der Waals surface area (Å²) in [5, 5.41) is 25.3. The Labute approximate surface area is 201 Å². The maximum absolute atomic E-state index is 13.0. The molecule has 1 aromatic rings. The van der Waals surface area contributed by atoms with Crippen molar-refractivity contribution in [3.05, 3.63) is 18.2 Å². The first kappa shape index (κ1) is 28.9. The maximum atomic E-state index is 13.0. The number of thiol groups is 1. The van der Waals surface area contributed by atoms with Gasteiger partial charge in [-0.1, -0.05) is 0 Å². The number of nitrogens with zero attached hydrogens (tertiary/aromatic N) is 1. The van der Waals surface area contributed by atoms with E-state index >= 15 is 0 Å². The molecule has 0 saturated heterocycles. The van der Waals surface area contributed by atoms with E-state index in [1.54, 1.807) is 0 Å². The van der Waals surface area contributed by atoms with Gasteiger partial charge in [0, 0.05) is 24.1 Å². The molecule has 4 atom stereocenters. The van der Waals surface area contributed by atoms with Crippen molar-refractivity contribution in [2.24, 2.45) is 11.5 Å². The summed E-state index contributed by atoms with van der Waals surface area (Å²) in [6.07, 6.45) is 3.31. The Morgan fingerprint density at radius 3 is 2.15 bits per heavy atom. The molecule has 190 valence electrons. The number of carboxylic acid groups (broad SMARTS) is 2. The Morgan fingerprint density at radius 2 is 1.62 bits per heavy atom. The van der Waals surface area contributed by atoms with Crippen molar-refractivity contribution in [1.82, 2.24) is 25.9 Å². The minimum absolute atomic E-state index is 0.0432. The number of aromatic nitrogens is 2. The molecule has 0 saturated carbocycles. The van der Waals surface area contributed by atoms with Gasteiger partial charge in [-0.15, -0.1) is 0 Å². The number of nitrogens with one attached hydrogen (secondary N) is 4. The predicted molar refractivity (Wildman–Crippen MR) is 123 cm³/mol. The number of carbonyl (C=O) groups is 5. The minimum atomic E-state index is -1.38. The van der Waals surface area contributed by atoms with Crippen molar-refractivity contribution in [3.63, 3.8) is 0 Å². The number of carbonyl (C=O) groups excluding carboxylic acids is 3. The van der Waals surface area contributed by atoms with Crippen LogP contribution in [0.1, 0.15) is 31.4 Å².